The number of halogens is 1. The van der Waals surface area contributed by atoms with Gasteiger partial charge in [-0.2, -0.15) is 5.26 Å². The van der Waals surface area contributed by atoms with Gasteiger partial charge >= 0.3 is 0 Å². The summed E-state index contributed by atoms with van der Waals surface area (Å²) < 4.78 is 5.16. The third-order valence-corrected chi connectivity index (χ3v) is 1.64. The van der Waals surface area contributed by atoms with Crippen LogP contribution < -0.4 is 0 Å². The predicted molar refractivity (Wildman–Crippen MR) is 44.7 cm³/mol. The zero-order valence-corrected chi connectivity index (χ0v) is 7.27. The van der Waals surface area contributed by atoms with E-state index in [4.69, 9.17) is 10.00 Å². The summed E-state index contributed by atoms with van der Waals surface area (Å²) in [6, 6.07) is 2.13. The normalized spacial score (nSPS) is 18.5. The molecule has 0 saturated carbocycles. The second kappa shape index (κ2) is 6.41. The summed E-state index contributed by atoms with van der Waals surface area (Å²) in [6.07, 6.45) is 0.639. The molecule has 1 aliphatic heterocycles. The van der Waals surface area contributed by atoms with Crippen LogP contribution >= 0.6 is 12.4 Å². The van der Waals surface area contributed by atoms with E-state index >= 15 is 0 Å². The van der Waals surface area contributed by atoms with Gasteiger partial charge in [-0.3, -0.25) is 4.90 Å². The van der Waals surface area contributed by atoms with E-state index in [2.05, 4.69) is 11.0 Å². The van der Waals surface area contributed by atoms with Gasteiger partial charge in [-0.25, -0.2) is 0 Å². The first-order valence-electron chi connectivity index (χ1n) is 3.60. The summed E-state index contributed by atoms with van der Waals surface area (Å²) in [5.74, 6) is 0. The minimum Gasteiger partial charge on any atom is -0.379 e. The largest absolute Gasteiger partial charge is 0.379 e. The lowest BCUT2D eigenvalue weighted by atomic mass is 10.3. The minimum atomic E-state index is 0. The van der Waals surface area contributed by atoms with Gasteiger partial charge in [0.1, 0.15) is 0 Å². The van der Waals surface area contributed by atoms with Gasteiger partial charge in [-0.05, 0) is 0 Å². The first kappa shape index (κ1) is 10.7. The second-order valence-corrected chi connectivity index (χ2v) is 2.36. The van der Waals surface area contributed by atoms with E-state index in [-0.39, 0.29) is 12.4 Å². The second-order valence-electron chi connectivity index (χ2n) is 2.36. The van der Waals surface area contributed by atoms with Crippen molar-refractivity contribution in [2.24, 2.45) is 0 Å². The van der Waals surface area contributed by atoms with Crippen molar-refractivity contribution in [3.8, 4) is 6.07 Å². The summed E-state index contributed by atoms with van der Waals surface area (Å²) in [4.78, 5) is 2.26. The predicted octanol–water partition coefficient (Wildman–Crippen LogP) is 0.654. The highest BCUT2D eigenvalue weighted by atomic mass is 35.5. The molecule has 0 aromatic rings. The molecule has 0 aromatic carbocycles. The Balaban J connectivity index is 0.000001000. The van der Waals surface area contributed by atoms with Crippen molar-refractivity contribution < 1.29 is 4.74 Å². The average molecular weight is 177 g/mol. The molecular formula is C7H13ClN2O. The van der Waals surface area contributed by atoms with Crippen molar-refractivity contribution in [2.75, 3.05) is 32.8 Å². The summed E-state index contributed by atoms with van der Waals surface area (Å²) >= 11 is 0. The van der Waals surface area contributed by atoms with Gasteiger partial charge in [0.25, 0.3) is 0 Å². The van der Waals surface area contributed by atoms with Crippen molar-refractivity contribution in [1.82, 2.24) is 4.90 Å². The van der Waals surface area contributed by atoms with Crippen LogP contribution in [0.25, 0.3) is 0 Å². The number of rotatable bonds is 2. The summed E-state index contributed by atoms with van der Waals surface area (Å²) in [5.41, 5.74) is 0. The fourth-order valence-corrected chi connectivity index (χ4v) is 1.03. The fourth-order valence-electron chi connectivity index (χ4n) is 1.03. The number of nitrogens with zero attached hydrogens (tertiary/aromatic N) is 2. The van der Waals surface area contributed by atoms with Crippen LogP contribution in [0.3, 0.4) is 0 Å². The third-order valence-electron chi connectivity index (χ3n) is 1.64. The Kier molecular flexibility index (Phi) is 6.24. The van der Waals surface area contributed by atoms with Crippen LogP contribution in [-0.2, 0) is 4.74 Å². The van der Waals surface area contributed by atoms with Crippen LogP contribution in [0.4, 0.5) is 0 Å². The lowest BCUT2D eigenvalue weighted by molar-refractivity contribution is 0.0389. The first-order chi connectivity index (χ1) is 4.93. The molecule has 0 bridgehead atoms. The molecular weight excluding hydrogens is 164 g/mol. The van der Waals surface area contributed by atoms with Crippen LogP contribution in [0.15, 0.2) is 0 Å². The maximum Gasteiger partial charge on any atom is 0.0635 e. The van der Waals surface area contributed by atoms with Crippen LogP contribution in [0.5, 0.6) is 0 Å². The molecule has 1 aliphatic rings. The number of nitriles is 1. The maximum absolute atomic E-state index is 8.29. The Morgan fingerprint density at radius 1 is 1.36 bits per heavy atom. The maximum atomic E-state index is 8.29. The standard InChI is InChI=1S/C7H12N2O.ClH/c8-2-1-3-9-4-6-10-7-5-9;/h1,3-7H2;1H. The molecule has 0 aromatic heterocycles. The Labute approximate surface area is 73.3 Å². The van der Waals surface area contributed by atoms with E-state index in [0.29, 0.717) is 6.42 Å². The van der Waals surface area contributed by atoms with Crippen molar-refractivity contribution >= 4 is 12.4 Å². The van der Waals surface area contributed by atoms with Gasteiger partial charge in [0.15, 0.2) is 0 Å². The van der Waals surface area contributed by atoms with Crippen molar-refractivity contribution in [2.45, 2.75) is 6.42 Å². The summed E-state index contributed by atoms with van der Waals surface area (Å²) in [7, 11) is 0. The lowest BCUT2D eigenvalue weighted by Gasteiger charge is -2.25. The summed E-state index contributed by atoms with van der Waals surface area (Å²) in [5, 5.41) is 8.29. The van der Waals surface area contributed by atoms with E-state index < -0.39 is 0 Å². The van der Waals surface area contributed by atoms with Gasteiger partial charge in [0.2, 0.25) is 0 Å². The topological polar surface area (TPSA) is 36.3 Å². The zero-order valence-electron chi connectivity index (χ0n) is 6.45. The van der Waals surface area contributed by atoms with Gasteiger partial charge in [0.05, 0.1) is 19.3 Å². The van der Waals surface area contributed by atoms with Crippen molar-refractivity contribution in [3.63, 3.8) is 0 Å². The SMILES string of the molecule is Cl.N#CCCN1CCOCC1. The molecule has 1 rings (SSSR count). The molecule has 0 amide bonds. The van der Waals surface area contributed by atoms with Crippen LogP contribution in [0, 0.1) is 11.3 Å². The highest BCUT2D eigenvalue weighted by Crippen LogP contribution is 1.96. The zero-order chi connectivity index (χ0) is 7.23. The van der Waals surface area contributed by atoms with Crippen molar-refractivity contribution in [1.29, 1.82) is 5.26 Å². The number of hydrogen-bond donors (Lipinski definition) is 0. The fraction of sp³-hybridized carbons (Fsp3) is 0.857. The number of morpholine rings is 1. The molecule has 0 unspecified atom stereocenters. The summed E-state index contributed by atoms with van der Waals surface area (Å²) in [6.45, 7) is 4.53. The quantitative estimate of drug-likeness (QED) is 0.620. The lowest BCUT2D eigenvalue weighted by Crippen LogP contribution is -2.36. The van der Waals surface area contributed by atoms with Gasteiger partial charge in [0, 0.05) is 26.1 Å². The molecule has 0 radical (unpaired) electrons. The average Bonchev–Trinajstić information content (AvgIpc) is 2.03. The van der Waals surface area contributed by atoms with E-state index in [1.165, 1.54) is 0 Å². The highest BCUT2D eigenvalue weighted by Gasteiger charge is 2.08. The monoisotopic (exact) mass is 176 g/mol. The molecule has 4 heteroatoms. The molecule has 64 valence electrons. The van der Waals surface area contributed by atoms with Gasteiger partial charge < -0.3 is 4.74 Å². The van der Waals surface area contributed by atoms with Crippen LogP contribution in [0.1, 0.15) is 6.42 Å². The molecule has 1 saturated heterocycles. The van der Waals surface area contributed by atoms with E-state index in [9.17, 15) is 0 Å². The molecule has 0 atom stereocenters. The molecule has 1 heterocycles. The smallest absolute Gasteiger partial charge is 0.0635 e. The molecule has 0 N–H and O–H groups in total. The van der Waals surface area contributed by atoms with E-state index in [1.807, 2.05) is 0 Å². The van der Waals surface area contributed by atoms with E-state index in [0.717, 1.165) is 32.8 Å². The molecule has 11 heavy (non-hydrogen) atoms. The Bertz CT molecular complexity index is 129. The Morgan fingerprint density at radius 3 is 2.55 bits per heavy atom. The molecule has 3 nitrogen and oxygen atoms in total. The number of hydrogen-bond acceptors (Lipinski definition) is 3. The van der Waals surface area contributed by atoms with Crippen LogP contribution in [-0.4, -0.2) is 37.7 Å². The molecule has 0 spiro atoms. The van der Waals surface area contributed by atoms with Crippen LogP contribution in [0.2, 0.25) is 0 Å². The number of ether oxygens (including phenoxy) is 1. The first-order valence-corrected chi connectivity index (χ1v) is 3.60. The minimum absolute atomic E-state index is 0. The molecule has 0 aliphatic carbocycles. The third kappa shape index (κ3) is 4.20. The molecule has 1 fully saturated rings. The highest BCUT2D eigenvalue weighted by molar-refractivity contribution is 5.85. The Hall–Kier alpha value is -0.300. The van der Waals surface area contributed by atoms with Gasteiger partial charge in [-0.1, -0.05) is 0 Å². The van der Waals surface area contributed by atoms with Crippen molar-refractivity contribution in [3.05, 3.63) is 0 Å². The van der Waals surface area contributed by atoms with Gasteiger partial charge in [-0.15, -0.1) is 12.4 Å². The Morgan fingerprint density at radius 2 is 2.00 bits per heavy atom. The van der Waals surface area contributed by atoms with E-state index in [1.54, 1.807) is 0 Å².